The number of benzene rings is 3. The van der Waals surface area contributed by atoms with Crippen LogP contribution in [0.3, 0.4) is 0 Å². The third kappa shape index (κ3) is 7.36. The predicted molar refractivity (Wildman–Crippen MR) is 157 cm³/mol. The maximum atomic E-state index is 15.1. The summed E-state index contributed by atoms with van der Waals surface area (Å²) in [4.78, 5) is 0. The normalized spacial score (nSPS) is 23.1. The average molecular weight is 585 g/mol. The molecular formula is C36H41F5O. The van der Waals surface area contributed by atoms with Gasteiger partial charge in [0.25, 0.3) is 0 Å². The summed E-state index contributed by atoms with van der Waals surface area (Å²) >= 11 is 0. The molecule has 0 heterocycles. The Morgan fingerprint density at radius 1 is 0.667 bits per heavy atom. The Labute approximate surface area is 246 Å². The van der Waals surface area contributed by atoms with Crippen LogP contribution in [0.1, 0.15) is 107 Å². The average Bonchev–Trinajstić information content (AvgIpc) is 2.99. The van der Waals surface area contributed by atoms with Crippen LogP contribution in [0.5, 0.6) is 5.75 Å². The van der Waals surface area contributed by atoms with Gasteiger partial charge in [-0.25, -0.2) is 13.2 Å². The van der Waals surface area contributed by atoms with Gasteiger partial charge in [0.2, 0.25) is 0 Å². The Morgan fingerprint density at radius 2 is 1.29 bits per heavy atom. The highest BCUT2D eigenvalue weighted by molar-refractivity contribution is 5.65. The van der Waals surface area contributed by atoms with Gasteiger partial charge in [0.1, 0.15) is 11.6 Å². The zero-order chi connectivity index (χ0) is 29.7. The molecule has 0 saturated heterocycles. The topological polar surface area (TPSA) is 9.23 Å². The number of unbranched alkanes of at least 4 members (excludes halogenated alkanes) is 2. The van der Waals surface area contributed by atoms with Crippen LogP contribution in [-0.4, -0.2) is 6.11 Å². The summed E-state index contributed by atoms with van der Waals surface area (Å²) in [5, 5.41) is 0. The van der Waals surface area contributed by atoms with Crippen molar-refractivity contribution < 1.29 is 26.7 Å². The number of hydrogen-bond acceptors (Lipinski definition) is 1. The fraction of sp³-hybridized carbons (Fsp3) is 0.500. The smallest absolute Gasteiger partial charge is 0.400 e. The molecule has 3 aromatic rings. The van der Waals surface area contributed by atoms with Gasteiger partial charge < -0.3 is 4.74 Å². The first-order valence-electron chi connectivity index (χ1n) is 15.6. The maximum Gasteiger partial charge on any atom is 0.400 e. The molecule has 0 amide bonds. The Hall–Kier alpha value is -2.89. The van der Waals surface area contributed by atoms with Gasteiger partial charge in [-0.2, -0.15) is 8.78 Å². The summed E-state index contributed by atoms with van der Waals surface area (Å²) in [5.74, 6) is -2.50. The molecule has 0 N–H and O–H groups in total. The number of ether oxygens (including phenoxy) is 1. The Balaban J connectivity index is 1.12. The van der Waals surface area contributed by atoms with Gasteiger partial charge in [-0.3, -0.25) is 0 Å². The molecule has 0 spiro atoms. The van der Waals surface area contributed by atoms with Gasteiger partial charge in [-0.15, -0.1) is 0 Å². The van der Waals surface area contributed by atoms with Crippen LogP contribution < -0.4 is 4.74 Å². The number of halogens is 5. The van der Waals surface area contributed by atoms with E-state index in [9.17, 15) is 13.2 Å². The van der Waals surface area contributed by atoms with Crippen molar-refractivity contribution in [3.63, 3.8) is 0 Å². The number of alkyl halides is 2. The second-order valence-corrected chi connectivity index (χ2v) is 12.4. The monoisotopic (exact) mass is 584 g/mol. The van der Waals surface area contributed by atoms with Gasteiger partial charge in [-0.05, 0) is 110 Å². The molecule has 0 radical (unpaired) electrons. The molecule has 0 aromatic heterocycles. The van der Waals surface area contributed by atoms with Gasteiger partial charge in [0, 0.05) is 11.6 Å². The molecule has 6 heteroatoms. The second kappa shape index (κ2) is 13.6. The van der Waals surface area contributed by atoms with Crippen molar-refractivity contribution in [3.8, 4) is 16.9 Å². The molecule has 2 aliphatic carbocycles. The maximum absolute atomic E-state index is 15.1. The lowest BCUT2D eigenvalue weighted by Gasteiger charge is -2.33. The molecular weight excluding hydrogens is 543 g/mol. The molecule has 3 aromatic carbocycles. The van der Waals surface area contributed by atoms with E-state index in [0.717, 1.165) is 24.1 Å². The van der Waals surface area contributed by atoms with Crippen LogP contribution in [0.15, 0.2) is 60.7 Å². The van der Waals surface area contributed by atoms with Crippen LogP contribution in [0.2, 0.25) is 0 Å². The summed E-state index contributed by atoms with van der Waals surface area (Å²) < 4.78 is 76.7. The second-order valence-electron chi connectivity index (χ2n) is 12.4. The first-order valence-corrected chi connectivity index (χ1v) is 15.6. The molecule has 2 aliphatic rings. The molecule has 2 saturated carbocycles. The van der Waals surface area contributed by atoms with Crippen molar-refractivity contribution in [2.45, 2.75) is 102 Å². The van der Waals surface area contributed by atoms with Gasteiger partial charge in [0.15, 0.2) is 11.6 Å². The summed E-state index contributed by atoms with van der Waals surface area (Å²) in [5.41, 5.74) is 2.71. The fourth-order valence-corrected chi connectivity index (χ4v) is 6.97. The summed E-state index contributed by atoms with van der Waals surface area (Å²) in [7, 11) is 0. The van der Waals surface area contributed by atoms with Crippen molar-refractivity contribution in [2.24, 2.45) is 11.8 Å². The Bertz CT molecular complexity index is 1300. The third-order valence-corrected chi connectivity index (χ3v) is 9.57. The first kappa shape index (κ1) is 30.6. The van der Waals surface area contributed by atoms with E-state index in [1.807, 2.05) is 0 Å². The molecule has 0 bridgehead atoms. The van der Waals surface area contributed by atoms with E-state index < -0.39 is 29.5 Å². The standard InChI is InChI=1S/C36H41F5O/c1-2-3-4-5-24-6-8-25(9-7-24)26-10-12-27(13-11-26)28-14-17-30(18-15-28)36(40,41)42-31-19-20-32(34(38)23-31)29-16-21-33(37)35(39)22-29/h10-13,16,19-25,28,30H,2-9,14-15,17-18H2,1H3. The molecule has 0 aliphatic heterocycles. The van der Waals surface area contributed by atoms with Crippen molar-refractivity contribution in [2.75, 3.05) is 0 Å². The number of rotatable bonds is 10. The summed E-state index contributed by atoms with van der Waals surface area (Å²) in [6.07, 6.45) is 8.99. The van der Waals surface area contributed by atoms with Crippen molar-refractivity contribution in [1.82, 2.24) is 0 Å². The highest BCUT2D eigenvalue weighted by atomic mass is 19.3. The van der Waals surface area contributed by atoms with Crippen LogP contribution in [-0.2, 0) is 0 Å². The van der Waals surface area contributed by atoms with E-state index in [2.05, 4.69) is 31.2 Å². The van der Waals surface area contributed by atoms with Crippen LogP contribution in [0.25, 0.3) is 11.1 Å². The van der Waals surface area contributed by atoms with E-state index in [4.69, 9.17) is 4.74 Å². The molecule has 42 heavy (non-hydrogen) atoms. The van der Waals surface area contributed by atoms with Crippen LogP contribution >= 0.6 is 0 Å². The lowest BCUT2D eigenvalue weighted by atomic mass is 9.75. The van der Waals surface area contributed by atoms with Gasteiger partial charge >= 0.3 is 6.11 Å². The van der Waals surface area contributed by atoms with Crippen molar-refractivity contribution >= 4 is 0 Å². The molecule has 226 valence electrons. The minimum Gasteiger partial charge on any atom is -0.432 e. The van der Waals surface area contributed by atoms with Crippen LogP contribution in [0, 0.1) is 29.3 Å². The molecule has 2 fully saturated rings. The zero-order valence-electron chi connectivity index (χ0n) is 24.4. The molecule has 0 atom stereocenters. The molecule has 0 unspecified atom stereocenters. The molecule has 5 rings (SSSR count). The highest BCUT2D eigenvalue weighted by Gasteiger charge is 2.44. The van der Waals surface area contributed by atoms with E-state index >= 15 is 8.78 Å². The molecule has 1 nitrogen and oxygen atoms in total. The quantitative estimate of drug-likeness (QED) is 0.170. The van der Waals surface area contributed by atoms with E-state index in [1.54, 1.807) is 0 Å². The van der Waals surface area contributed by atoms with Crippen molar-refractivity contribution in [1.29, 1.82) is 0 Å². The number of hydrogen-bond donors (Lipinski definition) is 0. The summed E-state index contributed by atoms with van der Waals surface area (Å²) in [6, 6.07) is 15.2. The summed E-state index contributed by atoms with van der Waals surface area (Å²) in [6.45, 7) is 2.26. The first-order chi connectivity index (χ1) is 20.2. The Morgan fingerprint density at radius 3 is 1.86 bits per heavy atom. The predicted octanol–water partition coefficient (Wildman–Crippen LogP) is 11.6. The fourth-order valence-electron chi connectivity index (χ4n) is 6.97. The van der Waals surface area contributed by atoms with Gasteiger partial charge in [-0.1, -0.05) is 62.9 Å². The van der Waals surface area contributed by atoms with E-state index in [0.29, 0.717) is 31.6 Å². The SMILES string of the molecule is CCCCCC1CCC(c2ccc(C3CCC(C(F)(F)Oc4ccc(-c5ccc(F)c(F)c5)c(F)c4)CC3)cc2)CC1. The van der Waals surface area contributed by atoms with E-state index in [1.165, 1.54) is 80.7 Å². The minimum absolute atomic E-state index is 0.0221. The lowest BCUT2D eigenvalue weighted by Crippen LogP contribution is -2.37. The van der Waals surface area contributed by atoms with Crippen molar-refractivity contribution in [3.05, 3.63) is 89.2 Å². The minimum atomic E-state index is -3.44. The van der Waals surface area contributed by atoms with E-state index in [-0.39, 0.29) is 22.8 Å². The van der Waals surface area contributed by atoms with Gasteiger partial charge in [0.05, 0.1) is 5.92 Å². The third-order valence-electron chi connectivity index (χ3n) is 9.57. The Kier molecular flexibility index (Phi) is 9.90. The van der Waals surface area contributed by atoms with Crippen LogP contribution in [0.4, 0.5) is 22.0 Å². The zero-order valence-corrected chi connectivity index (χ0v) is 24.4. The highest BCUT2D eigenvalue weighted by Crippen LogP contribution is 2.44. The lowest BCUT2D eigenvalue weighted by molar-refractivity contribution is -0.222. The largest absolute Gasteiger partial charge is 0.432 e.